The molecule has 112 valence electrons. The fourth-order valence-electron chi connectivity index (χ4n) is 2.61. The van der Waals surface area contributed by atoms with Gasteiger partial charge in [-0.1, -0.05) is 24.3 Å². The molecule has 20 heavy (non-hydrogen) atoms. The molecule has 4 nitrogen and oxygen atoms in total. The highest BCUT2D eigenvalue weighted by Gasteiger charge is 2.19. The number of morpholine rings is 1. The molecule has 1 fully saturated rings. The van der Waals surface area contributed by atoms with Crippen LogP contribution in [0.15, 0.2) is 24.3 Å². The monoisotopic (exact) mass is 278 g/mol. The second-order valence-corrected chi connectivity index (χ2v) is 5.58. The predicted molar refractivity (Wildman–Crippen MR) is 80.9 cm³/mol. The van der Waals surface area contributed by atoms with Crippen LogP contribution >= 0.6 is 0 Å². The van der Waals surface area contributed by atoms with Crippen molar-refractivity contribution in [1.82, 2.24) is 10.2 Å². The van der Waals surface area contributed by atoms with Crippen LogP contribution < -0.4 is 5.32 Å². The molecule has 1 unspecified atom stereocenters. The first-order valence-electron chi connectivity index (χ1n) is 7.44. The first-order valence-corrected chi connectivity index (χ1v) is 7.44. The van der Waals surface area contributed by atoms with Gasteiger partial charge in [0.25, 0.3) is 0 Å². The minimum absolute atomic E-state index is 0.254. The van der Waals surface area contributed by atoms with Gasteiger partial charge in [-0.05, 0) is 25.0 Å². The molecule has 0 aliphatic carbocycles. The molecular weight excluding hydrogens is 252 g/mol. The summed E-state index contributed by atoms with van der Waals surface area (Å²) in [6.45, 7) is 9.14. The molecule has 1 saturated heterocycles. The standard InChI is InChI=1S/C16H26N2O2/c1-13-5-3-4-6-15(13)16(17-11-14(2)19)12-18-7-9-20-10-8-18/h3-6,14,16-17,19H,7-12H2,1-2H3/t14-,16?/m1/s1. The average Bonchev–Trinajstić information content (AvgIpc) is 2.45. The molecule has 2 atom stereocenters. The Morgan fingerprint density at radius 3 is 2.65 bits per heavy atom. The van der Waals surface area contributed by atoms with Crippen LogP contribution in [0.4, 0.5) is 0 Å². The second-order valence-electron chi connectivity index (χ2n) is 5.58. The Bertz CT molecular complexity index is 403. The second kappa shape index (κ2) is 7.74. The summed E-state index contributed by atoms with van der Waals surface area (Å²) in [5.41, 5.74) is 2.61. The summed E-state index contributed by atoms with van der Waals surface area (Å²) in [5.74, 6) is 0. The molecular formula is C16H26N2O2. The van der Waals surface area contributed by atoms with Gasteiger partial charge in [0.05, 0.1) is 19.3 Å². The van der Waals surface area contributed by atoms with Gasteiger partial charge in [0.1, 0.15) is 0 Å². The van der Waals surface area contributed by atoms with Crippen molar-refractivity contribution in [2.45, 2.75) is 26.0 Å². The normalized spacial score (nSPS) is 19.8. The van der Waals surface area contributed by atoms with Gasteiger partial charge in [-0.25, -0.2) is 0 Å². The summed E-state index contributed by atoms with van der Waals surface area (Å²) >= 11 is 0. The molecule has 0 radical (unpaired) electrons. The maximum Gasteiger partial charge on any atom is 0.0636 e. The van der Waals surface area contributed by atoms with Crippen LogP contribution in [0.2, 0.25) is 0 Å². The summed E-state index contributed by atoms with van der Waals surface area (Å²) in [5, 5.41) is 13.0. The van der Waals surface area contributed by atoms with E-state index in [1.54, 1.807) is 0 Å². The largest absolute Gasteiger partial charge is 0.392 e. The minimum Gasteiger partial charge on any atom is -0.392 e. The summed E-state index contributed by atoms with van der Waals surface area (Å²) in [7, 11) is 0. The number of rotatable bonds is 6. The van der Waals surface area contributed by atoms with E-state index in [4.69, 9.17) is 4.74 Å². The molecule has 4 heteroatoms. The molecule has 1 aliphatic heterocycles. The summed E-state index contributed by atoms with van der Waals surface area (Å²) in [6.07, 6.45) is -0.328. The van der Waals surface area contributed by atoms with Crippen molar-refractivity contribution in [1.29, 1.82) is 0 Å². The minimum atomic E-state index is -0.328. The van der Waals surface area contributed by atoms with E-state index >= 15 is 0 Å². The Labute approximate surface area is 121 Å². The Morgan fingerprint density at radius 1 is 1.30 bits per heavy atom. The highest BCUT2D eigenvalue weighted by atomic mass is 16.5. The molecule has 1 aliphatic rings. The van der Waals surface area contributed by atoms with Crippen molar-refractivity contribution in [3.8, 4) is 0 Å². The van der Waals surface area contributed by atoms with E-state index in [9.17, 15) is 5.11 Å². The van der Waals surface area contributed by atoms with Crippen LogP contribution in [0.5, 0.6) is 0 Å². The Morgan fingerprint density at radius 2 is 2.00 bits per heavy atom. The summed E-state index contributed by atoms with van der Waals surface area (Å²) in [6, 6.07) is 8.73. The fraction of sp³-hybridized carbons (Fsp3) is 0.625. The van der Waals surface area contributed by atoms with Crippen molar-refractivity contribution >= 4 is 0 Å². The van der Waals surface area contributed by atoms with Crippen molar-refractivity contribution in [2.24, 2.45) is 0 Å². The summed E-state index contributed by atoms with van der Waals surface area (Å²) in [4.78, 5) is 2.43. The van der Waals surface area contributed by atoms with Gasteiger partial charge >= 0.3 is 0 Å². The van der Waals surface area contributed by atoms with Gasteiger partial charge in [0.15, 0.2) is 0 Å². The van der Waals surface area contributed by atoms with Crippen molar-refractivity contribution < 1.29 is 9.84 Å². The SMILES string of the molecule is Cc1ccccc1C(CN1CCOCC1)NC[C@@H](C)O. The van der Waals surface area contributed by atoms with Crippen molar-refractivity contribution in [2.75, 3.05) is 39.4 Å². The lowest BCUT2D eigenvalue weighted by Crippen LogP contribution is -2.43. The first kappa shape index (κ1) is 15.4. The number of nitrogens with zero attached hydrogens (tertiary/aromatic N) is 1. The third-order valence-corrected chi connectivity index (χ3v) is 3.77. The Hall–Kier alpha value is -0.940. The van der Waals surface area contributed by atoms with Crippen molar-refractivity contribution in [3.63, 3.8) is 0 Å². The molecule has 1 aromatic rings. The zero-order chi connectivity index (χ0) is 14.4. The topological polar surface area (TPSA) is 44.7 Å². The van der Waals surface area contributed by atoms with E-state index in [2.05, 4.69) is 41.4 Å². The van der Waals surface area contributed by atoms with Gasteiger partial charge in [-0.3, -0.25) is 4.90 Å². The maximum absolute atomic E-state index is 9.53. The third-order valence-electron chi connectivity index (χ3n) is 3.77. The molecule has 0 bridgehead atoms. The zero-order valence-corrected chi connectivity index (χ0v) is 12.5. The lowest BCUT2D eigenvalue weighted by Gasteiger charge is -2.32. The van der Waals surface area contributed by atoms with Gasteiger partial charge in [0, 0.05) is 32.2 Å². The number of aliphatic hydroxyl groups is 1. The van der Waals surface area contributed by atoms with Gasteiger partial charge in [-0.15, -0.1) is 0 Å². The molecule has 0 spiro atoms. The fourth-order valence-corrected chi connectivity index (χ4v) is 2.61. The highest BCUT2D eigenvalue weighted by Crippen LogP contribution is 2.19. The van der Waals surface area contributed by atoms with Gasteiger partial charge in [0.2, 0.25) is 0 Å². The van der Waals surface area contributed by atoms with Crippen LogP contribution in [-0.2, 0) is 4.74 Å². The van der Waals surface area contributed by atoms with Crippen LogP contribution in [0.1, 0.15) is 24.1 Å². The number of nitrogens with one attached hydrogen (secondary N) is 1. The number of ether oxygens (including phenoxy) is 1. The molecule has 0 saturated carbocycles. The molecule has 1 heterocycles. The van der Waals surface area contributed by atoms with Crippen LogP contribution in [0, 0.1) is 6.92 Å². The lowest BCUT2D eigenvalue weighted by atomic mass is 10.0. The highest BCUT2D eigenvalue weighted by molar-refractivity contribution is 5.29. The smallest absolute Gasteiger partial charge is 0.0636 e. The molecule has 2 rings (SSSR count). The van der Waals surface area contributed by atoms with E-state index < -0.39 is 0 Å². The average molecular weight is 278 g/mol. The Balaban J connectivity index is 2.05. The quantitative estimate of drug-likeness (QED) is 0.824. The first-order chi connectivity index (χ1) is 9.66. The van der Waals surface area contributed by atoms with E-state index in [1.165, 1.54) is 11.1 Å². The number of aliphatic hydroxyl groups excluding tert-OH is 1. The number of benzene rings is 1. The van der Waals surface area contributed by atoms with Crippen molar-refractivity contribution in [3.05, 3.63) is 35.4 Å². The zero-order valence-electron chi connectivity index (χ0n) is 12.5. The maximum atomic E-state index is 9.53. The molecule has 1 aromatic carbocycles. The molecule has 0 aromatic heterocycles. The van der Waals surface area contributed by atoms with Crippen LogP contribution in [-0.4, -0.2) is 55.5 Å². The van der Waals surface area contributed by atoms with Gasteiger partial charge < -0.3 is 15.2 Å². The number of hydrogen-bond acceptors (Lipinski definition) is 4. The van der Waals surface area contributed by atoms with Crippen LogP contribution in [0.3, 0.4) is 0 Å². The molecule has 2 N–H and O–H groups in total. The van der Waals surface area contributed by atoms with Gasteiger partial charge in [-0.2, -0.15) is 0 Å². The van der Waals surface area contributed by atoms with E-state index in [0.717, 1.165) is 32.8 Å². The lowest BCUT2D eigenvalue weighted by molar-refractivity contribution is 0.0327. The number of hydrogen-bond donors (Lipinski definition) is 2. The third kappa shape index (κ3) is 4.56. The molecule has 0 amide bonds. The predicted octanol–water partition coefficient (Wildman–Crippen LogP) is 1.34. The van der Waals surface area contributed by atoms with Crippen LogP contribution in [0.25, 0.3) is 0 Å². The number of aryl methyl sites for hydroxylation is 1. The van der Waals surface area contributed by atoms with E-state index in [-0.39, 0.29) is 12.1 Å². The van der Waals surface area contributed by atoms with E-state index in [0.29, 0.717) is 6.54 Å². The Kier molecular flexibility index (Phi) is 5.98. The van der Waals surface area contributed by atoms with E-state index in [1.807, 2.05) is 6.92 Å². The summed E-state index contributed by atoms with van der Waals surface area (Å²) < 4.78 is 5.41.